The fraction of sp³-hybridized carbons (Fsp3) is 0.0435. The van der Waals surface area contributed by atoms with Crippen molar-refractivity contribution in [1.29, 1.82) is 5.41 Å². The fourth-order valence-electron chi connectivity index (χ4n) is 3.14. The SMILES string of the molecule is CN/C(=C\C=N)c1nc(-c2ccc(F)nc2)ccc1Oc1cc(F)c(S(=O)(=O)Nc2cscn2)cc1Cl. The maximum absolute atomic E-state index is 14.9. The molecule has 14 heteroatoms. The highest BCUT2D eigenvalue weighted by Crippen LogP contribution is 2.36. The van der Waals surface area contributed by atoms with E-state index in [0.717, 1.165) is 18.3 Å². The minimum Gasteiger partial charge on any atom is -0.453 e. The summed E-state index contributed by atoms with van der Waals surface area (Å²) < 4.78 is 61.5. The van der Waals surface area contributed by atoms with Crippen molar-refractivity contribution in [2.75, 3.05) is 11.8 Å². The molecule has 3 aromatic heterocycles. The Morgan fingerprint density at radius 3 is 2.62 bits per heavy atom. The highest BCUT2D eigenvalue weighted by molar-refractivity contribution is 7.92. The average molecular weight is 563 g/mol. The van der Waals surface area contributed by atoms with E-state index in [4.69, 9.17) is 21.7 Å². The summed E-state index contributed by atoms with van der Waals surface area (Å²) in [6.07, 6.45) is 3.77. The van der Waals surface area contributed by atoms with Crippen LogP contribution in [0.3, 0.4) is 0 Å². The predicted octanol–water partition coefficient (Wildman–Crippen LogP) is 5.33. The van der Waals surface area contributed by atoms with Gasteiger partial charge in [-0.05, 0) is 36.4 Å². The van der Waals surface area contributed by atoms with Crippen molar-refractivity contribution in [2.45, 2.75) is 4.90 Å². The number of benzene rings is 1. The first-order chi connectivity index (χ1) is 17.7. The lowest BCUT2D eigenvalue weighted by Gasteiger charge is -2.16. The third-order valence-corrected chi connectivity index (χ3v) is 7.07. The zero-order valence-corrected chi connectivity index (χ0v) is 21.3. The minimum absolute atomic E-state index is 0.0468. The molecule has 37 heavy (non-hydrogen) atoms. The van der Waals surface area contributed by atoms with Crippen LogP contribution in [0.4, 0.5) is 14.6 Å². The zero-order valence-electron chi connectivity index (χ0n) is 18.9. The molecule has 9 nitrogen and oxygen atoms in total. The van der Waals surface area contributed by atoms with Gasteiger partial charge in [0.1, 0.15) is 22.2 Å². The first kappa shape index (κ1) is 26.1. The van der Waals surface area contributed by atoms with Gasteiger partial charge >= 0.3 is 0 Å². The summed E-state index contributed by atoms with van der Waals surface area (Å²) in [6, 6.07) is 7.57. The van der Waals surface area contributed by atoms with Crippen LogP contribution < -0.4 is 14.8 Å². The van der Waals surface area contributed by atoms with E-state index >= 15 is 0 Å². The number of hydrogen-bond acceptors (Lipinski definition) is 9. The molecule has 0 aliphatic rings. The number of nitrogens with zero attached hydrogens (tertiary/aromatic N) is 3. The van der Waals surface area contributed by atoms with Crippen molar-refractivity contribution in [1.82, 2.24) is 20.3 Å². The lowest BCUT2D eigenvalue weighted by molar-refractivity contribution is 0.469. The lowest BCUT2D eigenvalue weighted by atomic mass is 10.1. The normalized spacial score (nSPS) is 11.7. The van der Waals surface area contributed by atoms with E-state index in [1.807, 2.05) is 0 Å². The summed E-state index contributed by atoms with van der Waals surface area (Å²) in [4.78, 5) is 11.3. The van der Waals surface area contributed by atoms with Crippen molar-refractivity contribution >= 4 is 50.7 Å². The molecule has 4 rings (SSSR count). The number of pyridine rings is 2. The Morgan fingerprint density at radius 1 is 1.16 bits per heavy atom. The molecule has 0 saturated carbocycles. The van der Waals surface area contributed by atoms with Crippen LogP contribution in [0, 0.1) is 17.2 Å². The number of halogens is 3. The summed E-state index contributed by atoms with van der Waals surface area (Å²) in [5, 5.41) is 11.6. The van der Waals surface area contributed by atoms with Crippen LogP contribution in [-0.4, -0.2) is 36.6 Å². The number of sulfonamides is 1. The van der Waals surface area contributed by atoms with Crippen LogP contribution in [0.15, 0.2) is 64.5 Å². The van der Waals surface area contributed by atoms with E-state index in [0.29, 0.717) is 17.0 Å². The van der Waals surface area contributed by atoms with E-state index in [2.05, 4.69) is 25.0 Å². The van der Waals surface area contributed by atoms with Gasteiger partial charge in [0, 0.05) is 36.5 Å². The van der Waals surface area contributed by atoms with E-state index in [1.54, 1.807) is 13.1 Å². The van der Waals surface area contributed by atoms with Gasteiger partial charge < -0.3 is 15.5 Å². The van der Waals surface area contributed by atoms with Gasteiger partial charge in [-0.15, -0.1) is 11.3 Å². The van der Waals surface area contributed by atoms with Gasteiger partial charge in [-0.1, -0.05) is 11.6 Å². The number of nitrogens with one attached hydrogen (secondary N) is 3. The molecule has 190 valence electrons. The summed E-state index contributed by atoms with van der Waals surface area (Å²) in [7, 11) is -2.70. The van der Waals surface area contributed by atoms with Gasteiger partial charge in [0.05, 0.1) is 21.9 Å². The van der Waals surface area contributed by atoms with E-state index < -0.39 is 26.7 Å². The van der Waals surface area contributed by atoms with Crippen molar-refractivity contribution < 1.29 is 21.9 Å². The lowest BCUT2D eigenvalue weighted by Crippen LogP contribution is -2.15. The second-order valence-corrected chi connectivity index (χ2v) is 9.98. The van der Waals surface area contributed by atoms with Gasteiger partial charge in [-0.3, -0.25) is 4.72 Å². The summed E-state index contributed by atoms with van der Waals surface area (Å²) >= 11 is 7.45. The number of hydrogen-bond donors (Lipinski definition) is 3. The van der Waals surface area contributed by atoms with Crippen LogP contribution in [0.25, 0.3) is 17.0 Å². The molecule has 0 radical (unpaired) electrons. The van der Waals surface area contributed by atoms with Crippen molar-refractivity contribution in [3.8, 4) is 22.8 Å². The molecule has 0 aliphatic heterocycles. The van der Waals surface area contributed by atoms with Gasteiger partial charge in [0.15, 0.2) is 11.6 Å². The van der Waals surface area contributed by atoms with Crippen molar-refractivity contribution in [3.63, 3.8) is 0 Å². The van der Waals surface area contributed by atoms with Crippen molar-refractivity contribution in [3.05, 3.63) is 82.0 Å². The molecule has 0 bridgehead atoms. The molecule has 3 heterocycles. The molecule has 0 spiro atoms. The molecule has 0 unspecified atom stereocenters. The first-order valence-electron chi connectivity index (χ1n) is 10.3. The molecule has 0 aliphatic carbocycles. The van der Waals surface area contributed by atoms with Crippen LogP contribution in [0.1, 0.15) is 5.69 Å². The molecule has 0 amide bonds. The second-order valence-electron chi connectivity index (χ2n) is 7.20. The Labute approximate surface area is 219 Å². The van der Waals surface area contributed by atoms with Gasteiger partial charge in [-0.2, -0.15) is 4.39 Å². The smallest absolute Gasteiger partial charge is 0.266 e. The number of allylic oxidation sites excluding steroid dienone is 1. The first-order valence-corrected chi connectivity index (χ1v) is 13.1. The van der Waals surface area contributed by atoms with E-state index in [1.165, 1.54) is 52.7 Å². The molecule has 0 saturated heterocycles. The third-order valence-electron chi connectivity index (χ3n) is 4.82. The van der Waals surface area contributed by atoms with Crippen LogP contribution in [0.5, 0.6) is 11.5 Å². The van der Waals surface area contributed by atoms with Crippen LogP contribution in [-0.2, 0) is 10.0 Å². The number of aromatic nitrogens is 3. The summed E-state index contributed by atoms with van der Waals surface area (Å²) in [5.41, 5.74) is 2.98. The average Bonchev–Trinajstić information content (AvgIpc) is 3.37. The number of anilines is 1. The zero-order chi connectivity index (χ0) is 26.6. The largest absolute Gasteiger partial charge is 0.453 e. The third kappa shape index (κ3) is 5.90. The standard InChI is InChI=1S/C23H17ClF2N6O3S2/c1-28-17(6-7-27)23-18(4-3-16(31-23)13-2-5-21(26)29-10-13)35-19-9-15(25)20(8-14(19)24)37(33,34)32-22-11-36-12-30-22/h2-12,27-28,32H,1H3/b17-6-,27-7?. The molecule has 0 atom stereocenters. The monoisotopic (exact) mass is 562 g/mol. The molecule has 0 fully saturated rings. The summed E-state index contributed by atoms with van der Waals surface area (Å²) in [6.45, 7) is 0. The number of ether oxygens (including phenoxy) is 1. The maximum atomic E-state index is 14.9. The molecule has 4 aromatic rings. The minimum atomic E-state index is -4.31. The Hall–Kier alpha value is -3.94. The second kappa shape index (κ2) is 11.0. The molecular weight excluding hydrogens is 546 g/mol. The Morgan fingerprint density at radius 2 is 1.97 bits per heavy atom. The van der Waals surface area contributed by atoms with Gasteiger partial charge in [0.25, 0.3) is 10.0 Å². The number of rotatable bonds is 9. The Bertz CT molecular complexity index is 1580. The van der Waals surface area contributed by atoms with E-state index in [9.17, 15) is 17.2 Å². The highest BCUT2D eigenvalue weighted by atomic mass is 35.5. The molecule has 3 N–H and O–H groups in total. The maximum Gasteiger partial charge on any atom is 0.266 e. The van der Waals surface area contributed by atoms with Gasteiger partial charge in [0.2, 0.25) is 5.95 Å². The molecular formula is C23H17ClF2N6O3S2. The van der Waals surface area contributed by atoms with E-state index in [-0.39, 0.29) is 28.0 Å². The number of thiazole rings is 1. The van der Waals surface area contributed by atoms with Crippen molar-refractivity contribution in [2.24, 2.45) is 0 Å². The topological polar surface area (TPSA) is 130 Å². The van der Waals surface area contributed by atoms with Crippen LogP contribution >= 0.6 is 22.9 Å². The quantitative estimate of drug-likeness (QED) is 0.185. The highest BCUT2D eigenvalue weighted by Gasteiger charge is 2.24. The predicted molar refractivity (Wildman–Crippen MR) is 138 cm³/mol. The summed E-state index contributed by atoms with van der Waals surface area (Å²) in [5.74, 6) is -1.75. The van der Waals surface area contributed by atoms with Crippen LogP contribution in [0.2, 0.25) is 5.02 Å². The van der Waals surface area contributed by atoms with Gasteiger partial charge in [-0.25, -0.2) is 27.8 Å². The Balaban J connectivity index is 1.73. The molecule has 1 aromatic carbocycles. The fourth-order valence-corrected chi connectivity index (χ4v) is 5.05. The Kier molecular flexibility index (Phi) is 7.76.